The number of aromatic nitrogens is 2. The molecule has 0 radical (unpaired) electrons. The number of fused-ring (bicyclic) bond motifs is 2. The highest BCUT2D eigenvalue weighted by molar-refractivity contribution is 7.13. The smallest absolute Gasteiger partial charge is 0.318 e. The zero-order valence-electron chi connectivity index (χ0n) is 15.4. The lowest BCUT2D eigenvalue weighted by Crippen LogP contribution is -2.22. The van der Waals surface area contributed by atoms with Gasteiger partial charge in [-0.05, 0) is 30.5 Å². The molecule has 0 saturated heterocycles. The van der Waals surface area contributed by atoms with Crippen molar-refractivity contribution in [1.29, 1.82) is 0 Å². The Bertz CT molecular complexity index is 1120. The van der Waals surface area contributed by atoms with E-state index in [1.807, 2.05) is 66.0 Å². The van der Waals surface area contributed by atoms with Gasteiger partial charge in [0.1, 0.15) is 17.4 Å². The molecule has 0 saturated carbocycles. The molecule has 0 N–H and O–H groups in total. The number of thiophene rings is 1. The first-order valence-corrected chi connectivity index (χ1v) is 10.0. The highest BCUT2D eigenvalue weighted by Crippen LogP contribution is 2.44. The molecule has 144 valence electrons. The van der Waals surface area contributed by atoms with Gasteiger partial charge in [-0.2, -0.15) is 0 Å². The van der Waals surface area contributed by atoms with Gasteiger partial charge in [-0.3, -0.25) is 4.79 Å². The van der Waals surface area contributed by atoms with Crippen molar-refractivity contribution in [2.75, 3.05) is 0 Å². The van der Waals surface area contributed by atoms with Crippen LogP contribution in [0.1, 0.15) is 36.0 Å². The number of para-hydroxylation sites is 2. The molecule has 0 bridgehead atoms. The Morgan fingerprint density at radius 3 is 2.34 bits per heavy atom. The molecule has 6 nitrogen and oxygen atoms in total. The van der Waals surface area contributed by atoms with Crippen LogP contribution in [-0.2, 0) is 9.53 Å². The average molecular weight is 404 g/mol. The highest BCUT2D eigenvalue weighted by atomic mass is 32.1. The minimum Gasteiger partial charge on any atom is -0.457 e. The van der Waals surface area contributed by atoms with Crippen molar-refractivity contribution >= 4 is 17.3 Å². The molecular formula is C22H16N2O4S. The predicted octanol–water partition coefficient (Wildman–Crippen LogP) is 5.34. The van der Waals surface area contributed by atoms with Crippen molar-refractivity contribution in [3.63, 3.8) is 0 Å². The second-order valence-corrected chi connectivity index (χ2v) is 7.56. The predicted molar refractivity (Wildman–Crippen MR) is 107 cm³/mol. The molecule has 0 fully saturated rings. The molecule has 7 heteroatoms. The molecule has 0 spiro atoms. The van der Waals surface area contributed by atoms with E-state index in [2.05, 4.69) is 10.2 Å². The van der Waals surface area contributed by atoms with Crippen molar-refractivity contribution in [2.45, 2.75) is 18.9 Å². The number of hydrogen-bond donors (Lipinski definition) is 0. The fourth-order valence-corrected chi connectivity index (χ4v) is 4.00. The summed E-state index contributed by atoms with van der Waals surface area (Å²) in [4.78, 5) is 14.0. The molecule has 2 aromatic heterocycles. The Balaban J connectivity index is 1.42. The van der Waals surface area contributed by atoms with Crippen LogP contribution >= 0.6 is 11.3 Å². The van der Waals surface area contributed by atoms with Gasteiger partial charge in [-0.1, -0.05) is 42.5 Å². The van der Waals surface area contributed by atoms with E-state index in [0.29, 0.717) is 17.4 Å². The monoisotopic (exact) mass is 404 g/mol. The number of esters is 1. The second kappa shape index (κ2) is 7.18. The van der Waals surface area contributed by atoms with Crippen LogP contribution in [0.3, 0.4) is 0 Å². The van der Waals surface area contributed by atoms with Gasteiger partial charge in [-0.15, -0.1) is 21.5 Å². The summed E-state index contributed by atoms with van der Waals surface area (Å²) in [5, 5.41) is 10.0. The van der Waals surface area contributed by atoms with Gasteiger partial charge in [0.05, 0.1) is 4.88 Å². The summed E-state index contributed by atoms with van der Waals surface area (Å²) < 4.78 is 17.4. The van der Waals surface area contributed by atoms with Crippen LogP contribution in [0.5, 0.6) is 11.5 Å². The molecule has 29 heavy (non-hydrogen) atoms. The Morgan fingerprint density at radius 2 is 1.69 bits per heavy atom. The first kappa shape index (κ1) is 17.6. The normalized spacial score (nSPS) is 13.8. The van der Waals surface area contributed by atoms with Crippen LogP contribution in [0.4, 0.5) is 0 Å². The first-order valence-electron chi connectivity index (χ1n) is 9.14. The average Bonchev–Trinajstić information content (AvgIpc) is 3.43. The largest absolute Gasteiger partial charge is 0.457 e. The highest BCUT2D eigenvalue weighted by Gasteiger charge is 2.35. The van der Waals surface area contributed by atoms with E-state index in [1.54, 1.807) is 6.92 Å². The lowest BCUT2D eigenvalue weighted by Gasteiger charge is -2.27. The number of ether oxygens (including phenoxy) is 2. The number of hydrogen-bond acceptors (Lipinski definition) is 7. The van der Waals surface area contributed by atoms with Gasteiger partial charge in [0.25, 0.3) is 11.8 Å². The summed E-state index contributed by atoms with van der Waals surface area (Å²) in [6.07, 6.45) is -0.675. The summed E-state index contributed by atoms with van der Waals surface area (Å²) in [6, 6.07) is 18.8. The fourth-order valence-electron chi connectivity index (χ4n) is 3.36. The minimum atomic E-state index is -0.675. The number of benzene rings is 2. The van der Waals surface area contributed by atoms with Crippen LogP contribution in [0.25, 0.3) is 10.8 Å². The molecule has 0 aliphatic carbocycles. The second-order valence-electron chi connectivity index (χ2n) is 6.61. The molecule has 1 atom stereocenters. The topological polar surface area (TPSA) is 74.5 Å². The maximum atomic E-state index is 13.2. The Labute approximate surface area is 170 Å². The molecule has 2 aromatic carbocycles. The Morgan fingerprint density at radius 1 is 1.00 bits per heavy atom. The van der Waals surface area contributed by atoms with E-state index >= 15 is 0 Å². The molecule has 3 heterocycles. The minimum absolute atomic E-state index is 0.260. The number of carbonyl (C=O) groups excluding carboxylic acids is 1. The van der Waals surface area contributed by atoms with Gasteiger partial charge < -0.3 is 13.9 Å². The van der Waals surface area contributed by atoms with E-state index in [1.165, 1.54) is 11.3 Å². The molecule has 1 aliphatic rings. The third-order valence-corrected chi connectivity index (χ3v) is 5.59. The molecule has 0 unspecified atom stereocenters. The van der Waals surface area contributed by atoms with Crippen LogP contribution < -0.4 is 4.74 Å². The van der Waals surface area contributed by atoms with Crippen LogP contribution in [0.15, 0.2) is 70.5 Å². The third kappa shape index (κ3) is 3.19. The molecule has 1 aliphatic heterocycles. The number of nitrogens with zero attached hydrogens (tertiary/aromatic N) is 2. The first-order chi connectivity index (χ1) is 14.2. The van der Waals surface area contributed by atoms with Crippen molar-refractivity contribution < 1.29 is 18.7 Å². The van der Waals surface area contributed by atoms with Crippen LogP contribution in [0, 0.1) is 0 Å². The van der Waals surface area contributed by atoms with E-state index in [-0.39, 0.29) is 5.89 Å². The van der Waals surface area contributed by atoms with Crippen molar-refractivity contribution in [1.82, 2.24) is 10.2 Å². The molecule has 5 rings (SSSR count). The maximum Gasteiger partial charge on any atom is 0.318 e. The van der Waals surface area contributed by atoms with Gasteiger partial charge in [0.2, 0.25) is 0 Å². The van der Waals surface area contributed by atoms with Crippen molar-refractivity contribution in [2.24, 2.45) is 0 Å². The van der Waals surface area contributed by atoms with E-state index in [9.17, 15) is 4.79 Å². The fraction of sp³-hybridized carbons (Fsp3) is 0.136. The van der Waals surface area contributed by atoms with Gasteiger partial charge in [0.15, 0.2) is 6.10 Å². The van der Waals surface area contributed by atoms with E-state index in [0.717, 1.165) is 16.0 Å². The van der Waals surface area contributed by atoms with Crippen LogP contribution in [0.2, 0.25) is 0 Å². The summed E-state index contributed by atoms with van der Waals surface area (Å²) >= 11 is 1.50. The number of rotatable bonds is 4. The zero-order chi connectivity index (χ0) is 19.8. The number of carbonyl (C=O) groups is 1. The Kier molecular flexibility index (Phi) is 4.37. The van der Waals surface area contributed by atoms with Gasteiger partial charge in [0, 0.05) is 11.1 Å². The Hall–Kier alpha value is -3.45. The van der Waals surface area contributed by atoms with Gasteiger partial charge in [-0.25, -0.2) is 0 Å². The molecular weight excluding hydrogens is 388 g/mol. The van der Waals surface area contributed by atoms with Crippen molar-refractivity contribution in [3.8, 4) is 22.3 Å². The summed E-state index contributed by atoms with van der Waals surface area (Å²) in [7, 11) is 0. The zero-order valence-corrected chi connectivity index (χ0v) is 16.3. The summed E-state index contributed by atoms with van der Waals surface area (Å²) in [5.74, 6) is 1.00. The lowest BCUT2D eigenvalue weighted by atomic mass is 9.88. The van der Waals surface area contributed by atoms with Crippen molar-refractivity contribution in [3.05, 3.63) is 83.1 Å². The van der Waals surface area contributed by atoms with Gasteiger partial charge >= 0.3 is 5.97 Å². The standard InChI is InChI=1S/C22H16N2O4S/c1-13(20-23-24-21(28-20)18-11-6-12-29-18)26-22(25)19-14-7-2-4-9-16(14)27-17-10-5-3-8-15(17)19/h2-13,19H,1H3/t13-/m1/s1. The summed E-state index contributed by atoms with van der Waals surface area (Å²) in [5.41, 5.74) is 1.54. The SMILES string of the molecule is C[C@@H](OC(=O)C1c2ccccc2Oc2ccccc21)c1nnc(-c2cccs2)o1. The van der Waals surface area contributed by atoms with E-state index in [4.69, 9.17) is 13.9 Å². The quantitative estimate of drug-likeness (QED) is 0.428. The molecule has 4 aromatic rings. The summed E-state index contributed by atoms with van der Waals surface area (Å²) in [6.45, 7) is 1.72. The van der Waals surface area contributed by atoms with E-state index < -0.39 is 18.0 Å². The van der Waals surface area contributed by atoms with Crippen LogP contribution in [-0.4, -0.2) is 16.2 Å². The molecule has 0 amide bonds. The lowest BCUT2D eigenvalue weighted by molar-refractivity contribution is -0.150. The maximum absolute atomic E-state index is 13.2. The third-order valence-electron chi connectivity index (χ3n) is 4.73.